The van der Waals surface area contributed by atoms with E-state index in [1.807, 2.05) is 6.92 Å². The predicted octanol–water partition coefficient (Wildman–Crippen LogP) is 4.53. The minimum atomic E-state index is -1.52. The Morgan fingerprint density at radius 3 is 2.34 bits per heavy atom. The molecule has 0 radical (unpaired) electrons. The van der Waals surface area contributed by atoms with Crippen LogP contribution in [0.3, 0.4) is 0 Å². The summed E-state index contributed by atoms with van der Waals surface area (Å²) in [7, 11) is 0. The Balaban J connectivity index is 1.66. The van der Waals surface area contributed by atoms with Crippen LogP contribution >= 0.6 is 11.6 Å². The molecule has 0 saturated heterocycles. The van der Waals surface area contributed by atoms with E-state index >= 15 is 0 Å². The molecule has 8 atom stereocenters. The van der Waals surface area contributed by atoms with E-state index in [-0.39, 0.29) is 23.4 Å². The number of esters is 3. The maximum Gasteiger partial charge on any atom is 0.303 e. The maximum absolute atomic E-state index is 13.6. The number of ether oxygens (including phenoxy) is 3. The number of carbonyl (C=O) groups excluding carboxylic acids is 4. The molecule has 0 amide bonds. The SMILES string of the molecule is CC(=O)OCC(=O)[C@]1(OC(C)=O)[C@@H](Cl)C[C@H]2[C@@H]3CC=C4C[C@@H](OC(C)=O)CC[C@]4(C)[C@H]3CC[C@@]21C. The molecular formula is C27H37ClO7. The molecular weight excluding hydrogens is 472 g/mol. The van der Waals surface area contributed by atoms with Crippen LogP contribution in [0.5, 0.6) is 0 Å². The van der Waals surface area contributed by atoms with Crippen LogP contribution in [0.1, 0.15) is 79.6 Å². The minimum Gasteiger partial charge on any atom is -0.462 e. The molecule has 0 aliphatic heterocycles. The fraction of sp³-hybridized carbons (Fsp3) is 0.778. The molecule has 8 heteroatoms. The van der Waals surface area contributed by atoms with Crippen molar-refractivity contribution in [1.29, 1.82) is 0 Å². The highest BCUT2D eigenvalue weighted by molar-refractivity contribution is 6.24. The number of halogens is 1. The van der Waals surface area contributed by atoms with Crippen LogP contribution in [0.2, 0.25) is 0 Å². The molecule has 0 aromatic rings. The van der Waals surface area contributed by atoms with E-state index in [1.54, 1.807) is 0 Å². The molecule has 0 aromatic carbocycles. The van der Waals surface area contributed by atoms with Crippen molar-refractivity contribution in [2.75, 3.05) is 6.61 Å². The van der Waals surface area contributed by atoms with Crippen LogP contribution < -0.4 is 0 Å². The Bertz CT molecular complexity index is 959. The van der Waals surface area contributed by atoms with Crippen LogP contribution in [0, 0.1) is 28.6 Å². The first-order chi connectivity index (χ1) is 16.3. The summed E-state index contributed by atoms with van der Waals surface area (Å²) in [6.07, 6.45) is 7.83. The number of fused-ring (bicyclic) bond motifs is 5. The summed E-state index contributed by atoms with van der Waals surface area (Å²) in [5.41, 5.74) is -0.793. The molecule has 7 nitrogen and oxygen atoms in total. The van der Waals surface area contributed by atoms with Crippen LogP contribution in [-0.2, 0) is 33.4 Å². The highest BCUT2D eigenvalue weighted by Gasteiger charge is 2.72. The number of carbonyl (C=O) groups is 4. The van der Waals surface area contributed by atoms with Gasteiger partial charge in [0.05, 0.1) is 5.38 Å². The summed E-state index contributed by atoms with van der Waals surface area (Å²) in [4.78, 5) is 48.7. The van der Waals surface area contributed by atoms with Gasteiger partial charge in [-0.3, -0.25) is 19.2 Å². The Kier molecular flexibility index (Phi) is 6.88. The molecule has 0 unspecified atom stereocenters. The topological polar surface area (TPSA) is 96.0 Å². The normalized spacial score (nSPS) is 42.0. The van der Waals surface area contributed by atoms with E-state index in [2.05, 4.69) is 13.0 Å². The summed E-state index contributed by atoms with van der Waals surface area (Å²) in [5, 5.41) is -0.693. The largest absolute Gasteiger partial charge is 0.462 e. The second-order valence-corrected chi connectivity index (χ2v) is 12.0. The summed E-state index contributed by atoms with van der Waals surface area (Å²) >= 11 is 6.92. The van der Waals surface area contributed by atoms with Gasteiger partial charge in [-0.1, -0.05) is 25.5 Å². The fourth-order valence-electron chi connectivity index (χ4n) is 8.16. The number of ketones is 1. The first kappa shape index (κ1) is 26.2. The van der Waals surface area contributed by atoms with Gasteiger partial charge in [0.2, 0.25) is 5.78 Å². The second kappa shape index (κ2) is 9.20. The molecule has 4 rings (SSSR count). The lowest BCUT2D eigenvalue weighted by Crippen LogP contribution is -2.62. The molecule has 0 bridgehead atoms. The Morgan fingerprint density at radius 1 is 1.00 bits per heavy atom. The summed E-state index contributed by atoms with van der Waals surface area (Å²) in [5.74, 6) is -0.991. The zero-order valence-electron chi connectivity index (χ0n) is 21.4. The van der Waals surface area contributed by atoms with E-state index < -0.39 is 40.7 Å². The number of hydrogen-bond donors (Lipinski definition) is 0. The number of allylic oxidation sites excluding steroid dienone is 1. The lowest BCUT2D eigenvalue weighted by molar-refractivity contribution is -0.190. The number of hydrogen-bond acceptors (Lipinski definition) is 7. The van der Waals surface area contributed by atoms with E-state index in [1.165, 1.54) is 26.3 Å². The van der Waals surface area contributed by atoms with Crippen LogP contribution in [0.25, 0.3) is 0 Å². The minimum absolute atomic E-state index is 0.0110. The Morgan fingerprint density at radius 2 is 1.71 bits per heavy atom. The van der Waals surface area contributed by atoms with Gasteiger partial charge in [-0.25, -0.2) is 0 Å². The first-order valence-corrected chi connectivity index (χ1v) is 13.2. The summed E-state index contributed by atoms with van der Waals surface area (Å²) < 4.78 is 16.4. The molecule has 3 saturated carbocycles. The number of Topliss-reactive ketones (excluding diaryl/α,β-unsaturated/α-hetero) is 1. The average Bonchev–Trinajstić information content (AvgIpc) is 2.99. The van der Waals surface area contributed by atoms with E-state index in [4.69, 9.17) is 25.8 Å². The van der Waals surface area contributed by atoms with Crippen molar-refractivity contribution in [3.05, 3.63) is 11.6 Å². The van der Waals surface area contributed by atoms with Crippen molar-refractivity contribution < 1.29 is 33.4 Å². The standard InChI is InChI=1S/C27H37ClO7/c1-15(29)33-14-24(32)27(35-17(3)31)23(28)13-22-20-7-6-18-12-19(34-16(2)30)8-10-25(18,4)21(20)9-11-26(22,27)5/h6,19-23H,7-14H2,1-5H3/t19-,20+,21-,22-,23-,25-,26-,27+/m0/s1. The molecule has 194 valence electrons. The predicted molar refractivity (Wildman–Crippen MR) is 128 cm³/mol. The van der Waals surface area contributed by atoms with Gasteiger partial charge in [0.1, 0.15) is 6.10 Å². The summed E-state index contributed by atoms with van der Waals surface area (Å²) in [6, 6.07) is 0. The van der Waals surface area contributed by atoms with E-state index in [0.717, 1.165) is 32.1 Å². The van der Waals surface area contributed by atoms with Gasteiger partial charge in [0.15, 0.2) is 12.2 Å². The Labute approximate surface area is 212 Å². The zero-order valence-corrected chi connectivity index (χ0v) is 22.1. The first-order valence-electron chi connectivity index (χ1n) is 12.7. The lowest BCUT2D eigenvalue weighted by Gasteiger charge is -2.59. The van der Waals surface area contributed by atoms with Crippen molar-refractivity contribution in [1.82, 2.24) is 0 Å². The number of rotatable bonds is 5. The molecule has 35 heavy (non-hydrogen) atoms. The van der Waals surface area contributed by atoms with Crippen molar-refractivity contribution in [2.45, 2.75) is 96.6 Å². The van der Waals surface area contributed by atoms with Gasteiger partial charge in [-0.05, 0) is 61.7 Å². The molecule has 0 spiro atoms. The van der Waals surface area contributed by atoms with Gasteiger partial charge in [-0.2, -0.15) is 0 Å². The van der Waals surface area contributed by atoms with E-state index in [9.17, 15) is 19.2 Å². The molecule has 4 aliphatic rings. The zero-order chi connectivity index (χ0) is 25.8. The van der Waals surface area contributed by atoms with Crippen molar-refractivity contribution in [2.24, 2.45) is 28.6 Å². The molecule has 0 aromatic heterocycles. The number of alkyl halides is 1. The van der Waals surface area contributed by atoms with Gasteiger partial charge in [-0.15, -0.1) is 11.6 Å². The third kappa shape index (κ3) is 4.11. The molecule has 0 heterocycles. The van der Waals surface area contributed by atoms with Crippen LogP contribution in [0.4, 0.5) is 0 Å². The van der Waals surface area contributed by atoms with Gasteiger partial charge in [0.25, 0.3) is 0 Å². The lowest BCUT2D eigenvalue weighted by atomic mass is 9.46. The third-order valence-electron chi connectivity index (χ3n) is 9.66. The van der Waals surface area contributed by atoms with Gasteiger partial charge >= 0.3 is 17.9 Å². The van der Waals surface area contributed by atoms with E-state index in [0.29, 0.717) is 24.7 Å². The molecule has 0 N–H and O–H groups in total. The van der Waals surface area contributed by atoms with Crippen LogP contribution in [-0.4, -0.2) is 47.4 Å². The van der Waals surface area contributed by atoms with Crippen molar-refractivity contribution in [3.63, 3.8) is 0 Å². The van der Waals surface area contributed by atoms with Crippen LogP contribution in [0.15, 0.2) is 11.6 Å². The smallest absolute Gasteiger partial charge is 0.303 e. The highest BCUT2D eigenvalue weighted by atomic mass is 35.5. The third-order valence-corrected chi connectivity index (χ3v) is 10.1. The van der Waals surface area contributed by atoms with Crippen molar-refractivity contribution in [3.8, 4) is 0 Å². The molecule has 3 fully saturated rings. The van der Waals surface area contributed by atoms with Crippen molar-refractivity contribution >= 4 is 35.3 Å². The quantitative estimate of drug-likeness (QED) is 0.233. The second-order valence-electron chi connectivity index (χ2n) is 11.4. The monoisotopic (exact) mass is 508 g/mol. The maximum atomic E-state index is 13.6. The molecule has 4 aliphatic carbocycles. The fourth-order valence-corrected chi connectivity index (χ4v) is 8.76. The highest BCUT2D eigenvalue weighted by Crippen LogP contribution is 2.68. The summed E-state index contributed by atoms with van der Waals surface area (Å²) in [6.45, 7) is 7.91. The Hall–Kier alpha value is -1.89. The van der Waals surface area contributed by atoms with Gasteiger partial charge in [0, 0.05) is 32.6 Å². The van der Waals surface area contributed by atoms with Gasteiger partial charge < -0.3 is 14.2 Å². The average molecular weight is 509 g/mol.